The normalized spacial score (nSPS) is 22.6. The van der Waals surface area contributed by atoms with Crippen molar-refractivity contribution >= 4 is 29.4 Å². The van der Waals surface area contributed by atoms with Crippen molar-refractivity contribution in [3.63, 3.8) is 0 Å². The fourth-order valence-corrected chi connectivity index (χ4v) is 2.71. The van der Waals surface area contributed by atoms with Crippen molar-refractivity contribution in [1.82, 2.24) is 5.01 Å². The molecule has 16 heavy (non-hydrogen) atoms. The number of nitrogens with zero attached hydrogens (tertiary/aromatic N) is 2. The van der Waals surface area contributed by atoms with E-state index in [0.717, 1.165) is 10.6 Å². The summed E-state index contributed by atoms with van der Waals surface area (Å²) in [5.41, 5.74) is 6.62. The van der Waals surface area contributed by atoms with Gasteiger partial charge in [-0.3, -0.25) is 0 Å². The molecule has 3 rings (SSSR count). The minimum atomic E-state index is 0.0771. The Kier molecular flexibility index (Phi) is 2.22. The predicted octanol–water partition coefficient (Wildman–Crippen LogP) is 2.45. The molecule has 0 saturated heterocycles. The molecule has 0 aromatic heterocycles. The van der Waals surface area contributed by atoms with Gasteiger partial charge >= 0.3 is 6.02 Å². The van der Waals surface area contributed by atoms with E-state index >= 15 is 0 Å². The lowest BCUT2D eigenvalue weighted by atomic mass is 10.2. The van der Waals surface area contributed by atoms with Gasteiger partial charge in [0.25, 0.3) is 0 Å². The number of nitrogens with two attached hydrogens (primary N) is 1. The van der Waals surface area contributed by atoms with Crippen LogP contribution >= 0.6 is 23.4 Å². The van der Waals surface area contributed by atoms with Gasteiger partial charge in [0.15, 0.2) is 0 Å². The predicted molar refractivity (Wildman–Crippen MR) is 64.4 cm³/mol. The molecule has 0 aliphatic carbocycles. The molecule has 4 nitrogen and oxygen atoms in total. The van der Waals surface area contributed by atoms with Gasteiger partial charge in [-0.1, -0.05) is 35.5 Å². The summed E-state index contributed by atoms with van der Waals surface area (Å²) < 4.78 is 5.23. The lowest BCUT2D eigenvalue weighted by Crippen LogP contribution is -2.13. The summed E-state index contributed by atoms with van der Waals surface area (Å²) in [5.74, 6) is 0.683. The molecule has 1 aromatic carbocycles. The van der Waals surface area contributed by atoms with Gasteiger partial charge in [-0.2, -0.15) is 0 Å². The molecular formula is C10H8ClN3OS. The van der Waals surface area contributed by atoms with Crippen LogP contribution < -0.4 is 5.73 Å². The van der Waals surface area contributed by atoms with Crippen LogP contribution in [-0.4, -0.2) is 11.0 Å². The summed E-state index contributed by atoms with van der Waals surface area (Å²) in [4.78, 5) is 0. The number of halogens is 1. The molecule has 0 bridgehead atoms. The first-order chi connectivity index (χ1) is 7.74. The van der Waals surface area contributed by atoms with Crippen molar-refractivity contribution in [2.75, 3.05) is 0 Å². The van der Waals surface area contributed by atoms with Gasteiger partial charge in [0, 0.05) is 10.4 Å². The second-order valence-electron chi connectivity index (χ2n) is 3.38. The monoisotopic (exact) mass is 253 g/mol. The average Bonchev–Trinajstić information content (AvgIpc) is 2.78. The molecule has 2 N–H and O–H groups in total. The fraction of sp³-hybridized carbons (Fsp3) is 0.100. The van der Waals surface area contributed by atoms with Crippen LogP contribution in [0.5, 0.6) is 0 Å². The van der Waals surface area contributed by atoms with Gasteiger partial charge in [0.1, 0.15) is 5.37 Å². The minimum Gasteiger partial charge on any atom is -0.406 e. The second-order valence-corrected chi connectivity index (χ2v) is 4.77. The maximum atomic E-state index is 5.85. The molecule has 1 aromatic rings. The van der Waals surface area contributed by atoms with Gasteiger partial charge in [0.05, 0.1) is 0 Å². The summed E-state index contributed by atoms with van der Waals surface area (Å²) >= 11 is 7.48. The van der Waals surface area contributed by atoms with E-state index in [0.29, 0.717) is 5.88 Å². The number of hydrazone groups is 1. The number of thioether (sulfide) groups is 1. The topological polar surface area (TPSA) is 50.8 Å². The van der Waals surface area contributed by atoms with Crippen LogP contribution in [0.15, 0.2) is 40.7 Å². The SMILES string of the molecule is NC1=NN2C(=CSC2c2ccc(Cl)cc2)O1. The van der Waals surface area contributed by atoms with Gasteiger partial charge in [0.2, 0.25) is 5.88 Å². The average molecular weight is 254 g/mol. The molecule has 1 unspecified atom stereocenters. The van der Waals surface area contributed by atoms with Crippen molar-refractivity contribution in [1.29, 1.82) is 0 Å². The summed E-state index contributed by atoms with van der Waals surface area (Å²) in [6.07, 6.45) is 0. The standard InChI is InChI=1S/C10H8ClN3OS/c11-7-3-1-6(2-4-7)9-14-8(5-16-9)15-10(12)13-14/h1-5,9H,(H2,12,13). The molecular weight excluding hydrogens is 246 g/mol. The quantitative estimate of drug-likeness (QED) is 0.835. The van der Waals surface area contributed by atoms with Gasteiger partial charge in [-0.15, -0.1) is 5.10 Å². The lowest BCUT2D eigenvalue weighted by Gasteiger charge is -2.17. The Bertz CT molecular complexity index is 485. The number of fused-ring (bicyclic) bond motifs is 1. The van der Waals surface area contributed by atoms with Crippen molar-refractivity contribution < 1.29 is 4.74 Å². The molecule has 1 atom stereocenters. The number of ether oxygens (including phenoxy) is 1. The van der Waals surface area contributed by atoms with E-state index in [2.05, 4.69) is 5.10 Å². The Hall–Kier alpha value is -1.33. The van der Waals surface area contributed by atoms with E-state index in [1.165, 1.54) is 0 Å². The summed E-state index contributed by atoms with van der Waals surface area (Å²) in [5, 5.41) is 8.59. The fourth-order valence-electron chi connectivity index (χ4n) is 1.60. The summed E-state index contributed by atoms with van der Waals surface area (Å²) in [7, 11) is 0. The Labute approximate surface area is 102 Å². The van der Waals surface area contributed by atoms with Crippen LogP contribution in [0.1, 0.15) is 10.9 Å². The van der Waals surface area contributed by atoms with E-state index in [9.17, 15) is 0 Å². The Morgan fingerprint density at radius 3 is 2.88 bits per heavy atom. The summed E-state index contributed by atoms with van der Waals surface area (Å²) in [6.45, 7) is 0. The Balaban J connectivity index is 1.90. The van der Waals surface area contributed by atoms with Crippen LogP contribution in [0.25, 0.3) is 0 Å². The third-order valence-corrected chi connectivity index (χ3v) is 3.64. The molecule has 2 aliphatic rings. The van der Waals surface area contributed by atoms with E-state index < -0.39 is 0 Å². The first kappa shape index (κ1) is 9.86. The molecule has 2 heterocycles. The van der Waals surface area contributed by atoms with Gasteiger partial charge in [-0.25, -0.2) is 5.01 Å². The van der Waals surface area contributed by atoms with Crippen molar-refractivity contribution in [2.45, 2.75) is 5.37 Å². The van der Waals surface area contributed by atoms with Crippen LogP contribution in [0.3, 0.4) is 0 Å². The van der Waals surface area contributed by atoms with Crippen molar-refractivity contribution in [3.05, 3.63) is 46.1 Å². The van der Waals surface area contributed by atoms with Crippen LogP contribution in [0, 0.1) is 0 Å². The lowest BCUT2D eigenvalue weighted by molar-refractivity contribution is 0.264. The number of hydrogen-bond acceptors (Lipinski definition) is 5. The summed E-state index contributed by atoms with van der Waals surface area (Å²) in [6, 6.07) is 7.85. The van der Waals surface area contributed by atoms with E-state index in [1.54, 1.807) is 16.8 Å². The first-order valence-electron chi connectivity index (χ1n) is 4.66. The van der Waals surface area contributed by atoms with Gasteiger partial charge in [-0.05, 0) is 17.7 Å². The minimum absolute atomic E-state index is 0.0771. The number of benzene rings is 1. The zero-order valence-corrected chi connectivity index (χ0v) is 9.70. The second kappa shape index (κ2) is 3.61. The maximum Gasteiger partial charge on any atom is 0.311 e. The highest BCUT2D eigenvalue weighted by Gasteiger charge is 2.34. The zero-order chi connectivity index (χ0) is 11.1. The smallest absolute Gasteiger partial charge is 0.311 e. The largest absolute Gasteiger partial charge is 0.406 e. The van der Waals surface area contributed by atoms with E-state index in [-0.39, 0.29) is 11.4 Å². The van der Waals surface area contributed by atoms with Crippen LogP contribution in [0.2, 0.25) is 5.02 Å². The van der Waals surface area contributed by atoms with E-state index in [1.807, 2.05) is 29.7 Å². The third kappa shape index (κ3) is 1.52. The van der Waals surface area contributed by atoms with E-state index in [4.69, 9.17) is 22.1 Å². The molecule has 82 valence electrons. The Morgan fingerprint density at radius 2 is 2.12 bits per heavy atom. The van der Waals surface area contributed by atoms with Gasteiger partial charge < -0.3 is 10.5 Å². The zero-order valence-electron chi connectivity index (χ0n) is 8.13. The molecule has 0 radical (unpaired) electrons. The number of rotatable bonds is 1. The third-order valence-electron chi connectivity index (χ3n) is 2.32. The molecule has 6 heteroatoms. The van der Waals surface area contributed by atoms with Crippen molar-refractivity contribution in [3.8, 4) is 0 Å². The number of hydrogen-bond donors (Lipinski definition) is 1. The Morgan fingerprint density at radius 1 is 1.38 bits per heavy atom. The van der Waals surface area contributed by atoms with Crippen molar-refractivity contribution in [2.24, 2.45) is 10.8 Å². The number of amidine groups is 1. The molecule has 0 fully saturated rings. The molecule has 0 spiro atoms. The van der Waals surface area contributed by atoms with Crippen LogP contribution in [0.4, 0.5) is 0 Å². The highest BCUT2D eigenvalue weighted by atomic mass is 35.5. The molecule has 2 aliphatic heterocycles. The highest BCUT2D eigenvalue weighted by molar-refractivity contribution is 8.02. The highest BCUT2D eigenvalue weighted by Crippen LogP contribution is 2.44. The maximum absolute atomic E-state index is 5.85. The molecule has 0 amide bonds. The first-order valence-corrected chi connectivity index (χ1v) is 5.98. The molecule has 0 saturated carbocycles. The van der Waals surface area contributed by atoms with Crippen LogP contribution in [-0.2, 0) is 4.74 Å².